The maximum atomic E-state index is 13.6. The zero-order valence-corrected chi connectivity index (χ0v) is 11.3. The SMILES string of the molecule is CC1CCN(c2cc(F)cc(CCN)c2)C(C)C1. The zero-order chi connectivity index (χ0) is 13.1. The molecule has 100 valence electrons. The summed E-state index contributed by atoms with van der Waals surface area (Å²) in [6.45, 7) is 6.10. The number of anilines is 1. The summed E-state index contributed by atoms with van der Waals surface area (Å²) in [4.78, 5) is 2.32. The molecule has 2 N–H and O–H groups in total. The first kappa shape index (κ1) is 13.3. The molecule has 0 aliphatic carbocycles. The molecule has 0 spiro atoms. The Labute approximate surface area is 109 Å². The zero-order valence-electron chi connectivity index (χ0n) is 11.3. The van der Waals surface area contributed by atoms with Gasteiger partial charge in [0.15, 0.2) is 0 Å². The van der Waals surface area contributed by atoms with Crippen molar-refractivity contribution in [3.63, 3.8) is 0 Å². The van der Waals surface area contributed by atoms with Gasteiger partial charge in [-0.3, -0.25) is 0 Å². The van der Waals surface area contributed by atoms with Crippen molar-refractivity contribution in [1.29, 1.82) is 0 Å². The predicted molar refractivity (Wildman–Crippen MR) is 74.4 cm³/mol. The quantitative estimate of drug-likeness (QED) is 0.893. The normalized spacial score (nSPS) is 24.3. The lowest BCUT2D eigenvalue weighted by atomic mass is 9.92. The van der Waals surface area contributed by atoms with Gasteiger partial charge in [-0.2, -0.15) is 0 Å². The Morgan fingerprint density at radius 3 is 2.78 bits per heavy atom. The van der Waals surface area contributed by atoms with Crippen LogP contribution in [0.3, 0.4) is 0 Å². The Morgan fingerprint density at radius 1 is 1.33 bits per heavy atom. The Hall–Kier alpha value is -1.09. The lowest BCUT2D eigenvalue weighted by Gasteiger charge is -2.38. The van der Waals surface area contributed by atoms with Crippen LogP contribution in [0.25, 0.3) is 0 Å². The third-order valence-corrected chi connectivity index (χ3v) is 3.85. The maximum absolute atomic E-state index is 13.6. The van der Waals surface area contributed by atoms with Crippen LogP contribution in [0.4, 0.5) is 10.1 Å². The van der Waals surface area contributed by atoms with Crippen LogP contribution in [0.5, 0.6) is 0 Å². The molecule has 1 aliphatic heterocycles. The highest BCUT2D eigenvalue weighted by Gasteiger charge is 2.23. The molecule has 18 heavy (non-hydrogen) atoms. The van der Waals surface area contributed by atoms with Gasteiger partial charge in [0.05, 0.1) is 0 Å². The van der Waals surface area contributed by atoms with E-state index in [0.29, 0.717) is 12.6 Å². The van der Waals surface area contributed by atoms with Crippen molar-refractivity contribution >= 4 is 5.69 Å². The summed E-state index contributed by atoms with van der Waals surface area (Å²) < 4.78 is 13.6. The van der Waals surface area contributed by atoms with E-state index in [0.717, 1.165) is 30.1 Å². The summed E-state index contributed by atoms with van der Waals surface area (Å²) in [5, 5.41) is 0. The lowest BCUT2D eigenvalue weighted by molar-refractivity contribution is 0.377. The molecule has 2 unspecified atom stereocenters. The van der Waals surface area contributed by atoms with E-state index in [4.69, 9.17) is 5.73 Å². The van der Waals surface area contributed by atoms with Crippen LogP contribution in [0.15, 0.2) is 18.2 Å². The van der Waals surface area contributed by atoms with Crippen LogP contribution in [-0.4, -0.2) is 19.1 Å². The minimum Gasteiger partial charge on any atom is -0.369 e. The van der Waals surface area contributed by atoms with Gasteiger partial charge in [0.25, 0.3) is 0 Å². The smallest absolute Gasteiger partial charge is 0.125 e. The molecule has 1 saturated heterocycles. The molecule has 0 saturated carbocycles. The molecule has 1 aliphatic rings. The van der Waals surface area contributed by atoms with Gasteiger partial charge in [0, 0.05) is 18.3 Å². The topological polar surface area (TPSA) is 29.3 Å². The predicted octanol–water partition coefficient (Wildman–Crippen LogP) is 2.95. The monoisotopic (exact) mass is 250 g/mol. The first-order chi connectivity index (χ1) is 8.60. The average Bonchev–Trinajstić information content (AvgIpc) is 2.28. The van der Waals surface area contributed by atoms with Gasteiger partial charge in [-0.05, 0) is 62.4 Å². The van der Waals surface area contributed by atoms with Gasteiger partial charge < -0.3 is 10.6 Å². The van der Waals surface area contributed by atoms with E-state index in [1.807, 2.05) is 0 Å². The first-order valence-electron chi connectivity index (χ1n) is 6.86. The van der Waals surface area contributed by atoms with Gasteiger partial charge in [-0.15, -0.1) is 0 Å². The van der Waals surface area contributed by atoms with Gasteiger partial charge in [-0.1, -0.05) is 6.92 Å². The fraction of sp³-hybridized carbons (Fsp3) is 0.600. The Morgan fingerprint density at radius 2 is 2.11 bits per heavy atom. The van der Waals surface area contributed by atoms with Crippen LogP contribution in [0.1, 0.15) is 32.3 Å². The molecule has 0 bridgehead atoms. The molecule has 1 aromatic rings. The standard InChI is InChI=1S/C15H23FN2/c1-11-4-6-18(12(2)7-11)15-9-13(3-5-17)8-14(16)10-15/h8-12H,3-7,17H2,1-2H3. The van der Waals surface area contributed by atoms with Crippen LogP contribution < -0.4 is 10.6 Å². The summed E-state index contributed by atoms with van der Waals surface area (Å²) in [6, 6.07) is 5.81. The minimum atomic E-state index is -0.151. The van der Waals surface area contributed by atoms with Crippen LogP contribution in [0, 0.1) is 11.7 Å². The second-order valence-corrected chi connectivity index (χ2v) is 5.53. The van der Waals surface area contributed by atoms with Crippen LogP contribution >= 0.6 is 0 Å². The van der Waals surface area contributed by atoms with E-state index in [2.05, 4.69) is 24.8 Å². The summed E-state index contributed by atoms with van der Waals surface area (Å²) in [7, 11) is 0. The molecule has 1 heterocycles. The summed E-state index contributed by atoms with van der Waals surface area (Å²) in [5.74, 6) is 0.620. The fourth-order valence-electron chi connectivity index (χ4n) is 2.90. The number of halogens is 1. The van der Waals surface area contributed by atoms with Crippen molar-refractivity contribution in [1.82, 2.24) is 0 Å². The summed E-state index contributed by atoms with van der Waals surface area (Å²) in [6.07, 6.45) is 3.11. The Balaban J connectivity index is 2.21. The van der Waals surface area contributed by atoms with Crippen molar-refractivity contribution < 1.29 is 4.39 Å². The number of hydrogen-bond acceptors (Lipinski definition) is 2. The molecule has 2 atom stereocenters. The van der Waals surface area contributed by atoms with Crippen molar-refractivity contribution in [2.45, 2.75) is 39.2 Å². The molecule has 0 radical (unpaired) electrons. The van der Waals surface area contributed by atoms with Gasteiger partial charge in [0.1, 0.15) is 5.82 Å². The van der Waals surface area contributed by atoms with E-state index in [-0.39, 0.29) is 5.82 Å². The van der Waals surface area contributed by atoms with Crippen molar-refractivity contribution in [3.05, 3.63) is 29.6 Å². The fourth-order valence-corrected chi connectivity index (χ4v) is 2.90. The van der Waals surface area contributed by atoms with E-state index in [1.54, 1.807) is 12.1 Å². The molecule has 2 rings (SSSR count). The minimum absolute atomic E-state index is 0.151. The van der Waals surface area contributed by atoms with Crippen molar-refractivity contribution in [3.8, 4) is 0 Å². The third-order valence-electron chi connectivity index (χ3n) is 3.85. The second kappa shape index (κ2) is 5.70. The molecule has 1 aromatic carbocycles. The number of benzene rings is 1. The molecular formula is C15H23FN2. The molecule has 0 amide bonds. The molecule has 3 heteroatoms. The number of rotatable bonds is 3. The van der Waals surface area contributed by atoms with Crippen molar-refractivity contribution in [2.24, 2.45) is 11.7 Å². The maximum Gasteiger partial charge on any atom is 0.125 e. The average molecular weight is 250 g/mol. The molecular weight excluding hydrogens is 227 g/mol. The summed E-state index contributed by atoms with van der Waals surface area (Å²) >= 11 is 0. The van der Waals surface area contributed by atoms with E-state index < -0.39 is 0 Å². The van der Waals surface area contributed by atoms with E-state index >= 15 is 0 Å². The molecule has 1 fully saturated rings. The number of nitrogens with zero attached hydrogens (tertiary/aromatic N) is 1. The summed E-state index contributed by atoms with van der Waals surface area (Å²) in [5.41, 5.74) is 7.56. The Bertz CT molecular complexity index is 405. The highest BCUT2D eigenvalue weighted by molar-refractivity contribution is 5.50. The van der Waals surface area contributed by atoms with Gasteiger partial charge in [0.2, 0.25) is 0 Å². The molecule has 2 nitrogen and oxygen atoms in total. The van der Waals surface area contributed by atoms with Crippen LogP contribution in [0.2, 0.25) is 0 Å². The number of piperidine rings is 1. The van der Waals surface area contributed by atoms with E-state index in [9.17, 15) is 4.39 Å². The molecule has 0 aromatic heterocycles. The number of hydrogen-bond donors (Lipinski definition) is 1. The van der Waals surface area contributed by atoms with E-state index in [1.165, 1.54) is 12.8 Å². The highest BCUT2D eigenvalue weighted by Crippen LogP contribution is 2.29. The number of nitrogens with two attached hydrogens (primary N) is 1. The lowest BCUT2D eigenvalue weighted by Crippen LogP contribution is -2.40. The van der Waals surface area contributed by atoms with Crippen LogP contribution in [-0.2, 0) is 6.42 Å². The van der Waals surface area contributed by atoms with Gasteiger partial charge in [-0.25, -0.2) is 4.39 Å². The highest BCUT2D eigenvalue weighted by atomic mass is 19.1. The largest absolute Gasteiger partial charge is 0.369 e. The van der Waals surface area contributed by atoms with Gasteiger partial charge >= 0.3 is 0 Å². The second-order valence-electron chi connectivity index (χ2n) is 5.53. The first-order valence-corrected chi connectivity index (χ1v) is 6.86. The Kier molecular flexibility index (Phi) is 4.23. The third kappa shape index (κ3) is 3.02. The van der Waals surface area contributed by atoms with Crippen molar-refractivity contribution in [2.75, 3.05) is 18.0 Å².